The maximum absolute atomic E-state index is 5.69. The molecule has 5 rings (SSSR count). The van der Waals surface area contributed by atoms with Crippen LogP contribution in [0, 0.1) is 0 Å². The average Bonchev–Trinajstić information content (AvgIpc) is 2.99. The van der Waals surface area contributed by atoms with E-state index in [1.54, 1.807) is 0 Å². The molecule has 104 valence electrons. The first-order valence-electron chi connectivity index (χ1n) is 6.95. The van der Waals surface area contributed by atoms with Gasteiger partial charge in [0.25, 0.3) is 5.89 Å². The van der Waals surface area contributed by atoms with Crippen molar-refractivity contribution < 1.29 is 4.52 Å². The van der Waals surface area contributed by atoms with Gasteiger partial charge in [0.05, 0.1) is 6.04 Å². The first-order valence-corrected chi connectivity index (χ1v) is 6.95. The molecule has 0 spiro atoms. The topological polar surface area (TPSA) is 71.4 Å². The quantitative estimate of drug-likeness (QED) is 0.821. The van der Waals surface area contributed by atoms with Crippen LogP contribution in [0.4, 0.5) is 5.69 Å². The number of hydrogen-bond acceptors (Lipinski definition) is 6. The molecule has 3 fully saturated rings. The summed E-state index contributed by atoms with van der Waals surface area (Å²) in [6, 6.07) is 7.77. The van der Waals surface area contributed by atoms with E-state index in [0.29, 0.717) is 5.89 Å². The first kappa shape index (κ1) is 11.9. The van der Waals surface area contributed by atoms with Gasteiger partial charge in [-0.25, -0.2) is 0 Å². The van der Waals surface area contributed by atoms with Gasteiger partial charge < -0.3 is 10.3 Å². The van der Waals surface area contributed by atoms with Gasteiger partial charge in [-0.1, -0.05) is 5.16 Å². The van der Waals surface area contributed by atoms with E-state index in [0.717, 1.165) is 49.8 Å². The Kier molecular flexibility index (Phi) is 2.71. The third-order valence-electron chi connectivity index (χ3n) is 4.18. The van der Waals surface area contributed by atoms with E-state index in [-0.39, 0.29) is 6.04 Å². The fraction of sp³-hybridized carbons (Fsp3) is 0.429. The molecule has 1 atom stereocenters. The van der Waals surface area contributed by atoms with Gasteiger partial charge in [-0.2, -0.15) is 4.98 Å². The standard InChI is InChI=1S/C14H17N5O/c15-11-3-1-10(2-4-11)14-16-13(17-20-14)12-9-18-5-7-19(12)8-6-18/h1-4,12H,5-9,15H2. The van der Waals surface area contributed by atoms with Crippen molar-refractivity contribution in [3.05, 3.63) is 30.1 Å². The number of aromatic nitrogens is 2. The molecule has 1 unspecified atom stereocenters. The molecule has 2 aromatic rings. The number of hydrogen-bond donors (Lipinski definition) is 1. The molecule has 1 aromatic heterocycles. The lowest BCUT2D eigenvalue weighted by molar-refractivity contribution is 0.00781. The smallest absolute Gasteiger partial charge is 0.257 e. The van der Waals surface area contributed by atoms with Crippen molar-refractivity contribution in [3.63, 3.8) is 0 Å². The highest BCUT2D eigenvalue weighted by atomic mass is 16.5. The largest absolute Gasteiger partial charge is 0.399 e. The summed E-state index contributed by atoms with van der Waals surface area (Å²) in [6.07, 6.45) is 0. The van der Waals surface area contributed by atoms with Crippen LogP contribution in [0.15, 0.2) is 28.8 Å². The maximum atomic E-state index is 5.69. The zero-order valence-electron chi connectivity index (χ0n) is 11.2. The van der Waals surface area contributed by atoms with Crippen molar-refractivity contribution in [2.75, 3.05) is 38.5 Å². The molecule has 1 aromatic carbocycles. The highest BCUT2D eigenvalue weighted by molar-refractivity contribution is 5.56. The fourth-order valence-electron chi connectivity index (χ4n) is 2.98. The first-order chi connectivity index (χ1) is 9.79. The van der Waals surface area contributed by atoms with E-state index in [1.807, 2.05) is 24.3 Å². The highest BCUT2D eigenvalue weighted by Crippen LogP contribution is 2.28. The van der Waals surface area contributed by atoms with E-state index >= 15 is 0 Å². The monoisotopic (exact) mass is 271 g/mol. The molecule has 3 aliphatic rings. The molecular formula is C14H17N5O. The van der Waals surface area contributed by atoms with Crippen LogP contribution in [-0.2, 0) is 0 Å². The normalized spacial score (nSPS) is 28.7. The predicted octanol–water partition coefficient (Wildman–Crippen LogP) is 0.991. The Morgan fingerprint density at radius 1 is 1.10 bits per heavy atom. The average molecular weight is 271 g/mol. The molecule has 4 heterocycles. The predicted molar refractivity (Wildman–Crippen MR) is 74.9 cm³/mol. The second-order valence-electron chi connectivity index (χ2n) is 5.43. The molecule has 0 radical (unpaired) electrons. The van der Waals surface area contributed by atoms with Crippen LogP contribution < -0.4 is 5.73 Å². The Morgan fingerprint density at radius 2 is 1.85 bits per heavy atom. The lowest BCUT2D eigenvalue weighted by Gasteiger charge is -2.46. The summed E-state index contributed by atoms with van der Waals surface area (Å²) in [5.74, 6) is 1.36. The minimum Gasteiger partial charge on any atom is -0.399 e. The van der Waals surface area contributed by atoms with E-state index in [4.69, 9.17) is 10.3 Å². The lowest BCUT2D eigenvalue weighted by atomic mass is 10.1. The van der Waals surface area contributed by atoms with Crippen molar-refractivity contribution in [1.29, 1.82) is 0 Å². The number of fused-ring (bicyclic) bond motifs is 3. The molecule has 0 saturated carbocycles. The third-order valence-corrected chi connectivity index (χ3v) is 4.18. The molecular weight excluding hydrogens is 254 g/mol. The molecule has 20 heavy (non-hydrogen) atoms. The fourth-order valence-corrected chi connectivity index (χ4v) is 2.98. The van der Waals surface area contributed by atoms with Crippen LogP contribution in [0.3, 0.4) is 0 Å². The minimum atomic E-state index is 0.267. The van der Waals surface area contributed by atoms with Gasteiger partial charge in [-0.05, 0) is 24.3 Å². The van der Waals surface area contributed by atoms with Gasteiger partial charge >= 0.3 is 0 Å². The zero-order valence-corrected chi connectivity index (χ0v) is 11.2. The number of piperazine rings is 3. The molecule has 0 amide bonds. The van der Waals surface area contributed by atoms with Gasteiger partial charge in [0.1, 0.15) is 0 Å². The Balaban J connectivity index is 1.60. The molecule has 2 N–H and O–H groups in total. The van der Waals surface area contributed by atoms with E-state index < -0.39 is 0 Å². The van der Waals surface area contributed by atoms with Crippen molar-refractivity contribution in [2.24, 2.45) is 0 Å². The van der Waals surface area contributed by atoms with Crippen molar-refractivity contribution >= 4 is 5.69 Å². The third kappa shape index (κ3) is 1.97. The number of nitrogens with two attached hydrogens (primary N) is 1. The highest BCUT2D eigenvalue weighted by Gasteiger charge is 2.35. The second-order valence-corrected chi connectivity index (χ2v) is 5.43. The second kappa shape index (κ2) is 4.57. The molecule has 6 nitrogen and oxygen atoms in total. The summed E-state index contributed by atoms with van der Waals surface area (Å²) in [7, 11) is 0. The van der Waals surface area contributed by atoms with Crippen molar-refractivity contribution in [3.8, 4) is 11.5 Å². The van der Waals surface area contributed by atoms with Crippen LogP contribution in [0.5, 0.6) is 0 Å². The van der Waals surface area contributed by atoms with Crippen molar-refractivity contribution in [1.82, 2.24) is 19.9 Å². The van der Waals surface area contributed by atoms with Crippen LogP contribution >= 0.6 is 0 Å². The molecule has 0 aliphatic carbocycles. The number of nitrogen functional groups attached to an aromatic ring is 1. The number of nitrogens with zero attached hydrogens (tertiary/aromatic N) is 4. The van der Waals surface area contributed by atoms with Gasteiger partial charge in [-0.15, -0.1) is 0 Å². The Bertz CT molecular complexity index is 600. The van der Waals surface area contributed by atoms with E-state index in [2.05, 4.69) is 19.9 Å². The number of anilines is 1. The van der Waals surface area contributed by atoms with E-state index in [9.17, 15) is 0 Å². The number of benzene rings is 1. The summed E-state index contributed by atoms with van der Waals surface area (Å²) in [6.45, 7) is 5.49. The zero-order chi connectivity index (χ0) is 13.5. The molecule has 3 aliphatic heterocycles. The van der Waals surface area contributed by atoms with Crippen LogP contribution in [0.25, 0.3) is 11.5 Å². The maximum Gasteiger partial charge on any atom is 0.257 e. The molecule has 6 heteroatoms. The van der Waals surface area contributed by atoms with Gasteiger partial charge in [0.2, 0.25) is 0 Å². The summed E-state index contributed by atoms with van der Waals surface area (Å²) < 4.78 is 5.40. The summed E-state index contributed by atoms with van der Waals surface area (Å²) in [4.78, 5) is 9.47. The van der Waals surface area contributed by atoms with Crippen LogP contribution in [-0.4, -0.2) is 52.7 Å². The van der Waals surface area contributed by atoms with Crippen LogP contribution in [0.2, 0.25) is 0 Å². The summed E-state index contributed by atoms with van der Waals surface area (Å²) >= 11 is 0. The van der Waals surface area contributed by atoms with Gasteiger partial charge in [-0.3, -0.25) is 9.80 Å². The molecule has 3 saturated heterocycles. The lowest BCUT2D eigenvalue weighted by Crippen LogP contribution is -2.57. The van der Waals surface area contributed by atoms with Gasteiger partial charge in [0.15, 0.2) is 5.82 Å². The summed E-state index contributed by atoms with van der Waals surface area (Å²) in [5.41, 5.74) is 7.33. The molecule has 2 bridgehead atoms. The SMILES string of the molecule is Nc1ccc(-c2nc(C3CN4CCN3CC4)no2)cc1. The Labute approximate surface area is 117 Å². The van der Waals surface area contributed by atoms with E-state index in [1.165, 1.54) is 0 Å². The Morgan fingerprint density at radius 3 is 2.50 bits per heavy atom. The minimum absolute atomic E-state index is 0.267. The van der Waals surface area contributed by atoms with Crippen molar-refractivity contribution in [2.45, 2.75) is 6.04 Å². The number of rotatable bonds is 2. The Hall–Kier alpha value is -1.92. The van der Waals surface area contributed by atoms with Crippen LogP contribution in [0.1, 0.15) is 11.9 Å². The van der Waals surface area contributed by atoms with Gasteiger partial charge in [0, 0.05) is 44.0 Å². The summed E-state index contributed by atoms with van der Waals surface area (Å²) in [5, 5.41) is 4.17.